The summed E-state index contributed by atoms with van der Waals surface area (Å²) in [7, 11) is 1.57. The Morgan fingerprint density at radius 2 is 1.88 bits per heavy atom. The Labute approximate surface area is 190 Å². The van der Waals surface area contributed by atoms with Gasteiger partial charge in [0.05, 0.1) is 24.7 Å². The fourth-order valence-electron chi connectivity index (χ4n) is 3.38. The SMILES string of the molecule is COc1cc(C)ccc1Oc1ccc(NC(=O)C2=NN(c3ccccc3)[C@H](C(N)=O)C2)cn1. The molecular weight excluding hydrogens is 422 g/mol. The minimum absolute atomic E-state index is 0.109. The monoisotopic (exact) mass is 445 g/mol. The Hall–Kier alpha value is -4.40. The number of methoxy groups -OCH3 is 1. The zero-order valence-electron chi connectivity index (χ0n) is 18.2. The maximum Gasteiger partial charge on any atom is 0.272 e. The van der Waals surface area contributed by atoms with E-state index < -0.39 is 17.9 Å². The number of amides is 2. The molecule has 0 radical (unpaired) electrons. The molecule has 3 N–H and O–H groups in total. The number of aryl methyl sites for hydroxylation is 1. The lowest BCUT2D eigenvalue weighted by molar-refractivity contribution is -0.119. The van der Waals surface area contributed by atoms with Crippen molar-refractivity contribution in [2.45, 2.75) is 19.4 Å². The number of aromatic nitrogens is 1. The molecule has 9 nitrogen and oxygen atoms in total. The molecule has 1 aliphatic heterocycles. The van der Waals surface area contributed by atoms with E-state index in [1.807, 2.05) is 37.3 Å². The van der Waals surface area contributed by atoms with Gasteiger partial charge in [0.25, 0.3) is 5.91 Å². The van der Waals surface area contributed by atoms with E-state index in [0.717, 1.165) is 5.56 Å². The van der Waals surface area contributed by atoms with E-state index in [1.165, 1.54) is 11.2 Å². The van der Waals surface area contributed by atoms with Crippen LogP contribution in [-0.4, -0.2) is 35.7 Å². The van der Waals surface area contributed by atoms with Crippen LogP contribution in [0.25, 0.3) is 0 Å². The van der Waals surface area contributed by atoms with Gasteiger partial charge in [0.1, 0.15) is 11.8 Å². The highest BCUT2D eigenvalue weighted by molar-refractivity contribution is 6.44. The van der Waals surface area contributed by atoms with Crippen molar-refractivity contribution in [3.63, 3.8) is 0 Å². The number of nitrogens with one attached hydrogen (secondary N) is 1. The third-order valence-electron chi connectivity index (χ3n) is 5.05. The molecule has 2 aromatic carbocycles. The van der Waals surface area contributed by atoms with Crippen LogP contribution in [0.5, 0.6) is 17.4 Å². The maximum absolute atomic E-state index is 12.8. The normalized spacial score (nSPS) is 15.0. The zero-order chi connectivity index (χ0) is 23.4. The molecule has 0 aliphatic carbocycles. The number of primary amides is 1. The summed E-state index contributed by atoms with van der Waals surface area (Å²) in [5, 5.41) is 8.55. The van der Waals surface area contributed by atoms with Gasteiger partial charge in [-0.2, -0.15) is 5.10 Å². The number of benzene rings is 2. The van der Waals surface area contributed by atoms with E-state index in [-0.39, 0.29) is 12.1 Å². The first-order chi connectivity index (χ1) is 15.9. The molecule has 168 valence electrons. The summed E-state index contributed by atoms with van der Waals surface area (Å²) < 4.78 is 11.1. The van der Waals surface area contributed by atoms with Crippen molar-refractivity contribution in [2.24, 2.45) is 10.8 Å². The number of anilines is 2. The third kappa shape index (κ3) is 4.93. The molecule has 1 atom stereocenters. The van der Waals surface area contributed by atoms with Crippen molar-refractivity contribution in [3.05, 3.63) is 72.4 Å². The first kappa shape index (κ1) is 21.8. The lowest BCUT2D eigenvalue weighted by Gasteiger charge is -2.20. The predicted molar refractivity (Wildman–Crippen MR) is 125 cm³/mol. The zero-order valence-corrected chi connectivity index (χ0v) is 18.2. The fourth-order valence-corrected chi connectivity index (χ4v) is 3.38. The van der Waals surface area contributed by atoms with Crippen molar-refractivity contribution >= 4 is 28.9 Å². The number of hydrogen-bond donors (Lipinski definition) is 2. The molecular formula is C24H23N5O4. The van der Waals surface area contributed by atoms with Crippen LogP contribution in [0.1, 0.15) is 12.0 Å². The smallest absolute Gasteiger partial charge is 0.272 e. The first-order valence-electron chi connectivity index (χ1n) is 10.3. The molecule has 0 saturated heterocycles. The Morgan fingerprint density at radius 1 is 1.09 bits per heavy atom. The summed E-state index contributed by atoms with van der Waals surface area (Å²) in [6.07, 6.45) is 1.59. The number of rotatable bonds is 7. The van der Waals surface area contributed by atoms with Gasteiger partial charge in [-0.25, -0.2) is 4.98 Å². The second-order valence-electron chi connectivity index (χ2n) is 7.44. The van der Waals surface area contributed by atoms with E-state index >= 15 is 0 Å². The number of nitrogens with zero attached hydrogens (tertiary/aromatic N) is 3. The highest BCUT2D eigenvalue weighted by atomic mass is 16.5. The number of nitrogens with two attached hydrogens (primary N) is 1. The standard InChI is InChI=1S/C24H23N5O4/c1-15-8-10-20(21(12-15)32-2)33-22-11-9-16(14-26-22)27-24(31)18-13-19(23(25)30)29(28-18)17-6-4-3-5-7-17/h3-12,14,19H,13H2,1-2H3,(H2,25,30)(H,27,31)/t19-/m0/s1. The van der Waals surface area contributed by atoms with Crippen molar-refractivity contribution in [1.82, 2.24) is 4.98 Å². The molecule has 1 aromatic heterocycles. The number of hydrogen-bond acceptors (Lipinski definition) is 7. The van der Waals surface area contributed by atoms with Crippen molar-refractivity contribution in [1.29, 1.82) is 0 Å². The molecule has 0 unspecified atom stereocenters. The maximum atomic E-state index is 12.8. The first-order valence-corrected chi connectivity index (χ1v) is 10.3. The number of hydrazone groups is 1. The number of pyridine rings is 1. The Balaban J connectivity index is 1.45. The summed E-state index contributed by atoms with van der Waals surface area (Å²) in [4.78, 5) is 28.9. The average molecular weight is 445 g/mol. The largest absolute Gasteiger partial charge is 0.493 e. The lowest BCUT2D eigenvalue weighted by atomic mass is 10.1. The fraction of sp³-hybridized carbons (Fsp3) is 0.167. The highest BCUT2D eigenvalue weighted by Crippen LogP contribution is 2.31. The number of carbonyl (C=O) groups excluding carboxylic acids is 2. The van der Waals surface area contributed by atoms with Gasteiger partial charge in [-0.15, -0.1) is 0 Å². The molecule has 33 heavy (non-hydrogen) atoms. The van der Waals surface area contributed by atoms with Crippen LogP contribution in [-0.2, 0) is 9.59 Å². The quantitative estimate of drug-likeness (QED) is 0.576. The van der Waals surface area contributed by atoms with Crippen LogP contribution in [0.3, 0.4) is 0 Å². The lowest BCUT2D eigenvalue weighted by Crippen LogP contribution is -2.39. The van der Waals surface area contributed by atoms with Gasteiger partial charge in [0, 0.05) is 12.5 Å². The Bertz CT molecular complexity index is 1200. The molecule has 0 bridgehead atoms. The molecule has 0 saturated carbocycles. The van der Waals surface area contributed by atoms with Crippen LogP contribution in [0, 0.1) is 6.92 Å². The summed E-state index contributed by atoms with van der Waals surface area (Å²) in [5.41, 5.74) is 7.92. The minimum Gasteiger partial charge on any atom is -0.493 e. The molecule has 4 rings (SSSR count). The van der Waals surface area contributed by atoms with E-state index in [4.69, 9.17) is 15.2 Å². The van der Waals surface area contributed by atoms with Crippen molar-refractivity contribution < 1.29 is 19.1 Å². The molecule has 3 aromatic rings. The summed E-state index contributed by atoms with van der Waals surface area (Å²) in [6, 6.07) is 17.2. The van der Waals surface area contributed by atoms with Gasteiger partial charge in [0.15, 0.2) is 11.5 Å². The van der Waals surface area contributed by atoms with Crippen molar-refractivity contribution in [3.8, 4) is 17.4 Å². The molecule has 0 spiro atoms. The van der Waals surface area contributed by atoms with E-state index in [0.29, 0.717) is 28.8 Å². The Kier molecular flexibility index (Phi) is 6.21. The molecule has 0 fully saturated rings. The number of para-hydroxylation sites is 1. The van der Waals surface area contributed by atoms with Gasteiger partial charge in [-0.05, 0) is 42.8 Å². The summed E-state index contributed by atoms with van der Waals surface area (Å²) in [5.74, 6) is 0.486. The minimum atomic E-state index is -0.730. The molecule has 9 heteroatoms. The second-order valence-corrected chi connectivity index (χ2v) is 7.44. The topological polar surface area (TPSA) is 119 Å². The molecule has 2 amide bonds. The predicted octanol–water partition coefficient (Wildman–Crippen LogP) is 3.25. The summed E-state index contributed by atoms with van der Waals surface area (Å²) >= 11 is 0. The van der Waals surface area contributed by atoms with Crippen LogP contribution in [0.2, 0.25) is 0 Å². The second kappa shape index (κ2) is 9.39. The van der Waals surface area contributed by atoms with Crippen LogP contribution < -0.4 is 25.5 Å². The van der Waals surface area contributed by atoms with Crippen molar-refractivity contribution in [2.75, 3.05) is 17.4 Å². The van der Waals surface area contributed by atoms with E-state index in [2.05, 4.69) is 15.4 Å². The number of ether oxygens (including phenoxy) is 2. The molecule has 1 aliphatic rings. The van der Waals surface area contributed by atoms with Gasteiger partial charge >= 0.3 is 0 Å². The summed E-state index contributed by atoms with van der Waals surface area (Å²) in [6.45, 7) is 1.96. The van der Waals surface area contributed by atoms with Gasteiger partial charge in [-0.1, -0.05) is 24.3 Å². The van der Waals surface area contributed by atoms with Crippen LogP contribution in [0.15, 0.2) is 72.0 Å². The third-order valence-corrected chi connectivity index (χ3v) is 5.05. The van der Waals surface area contributed by atoms with Crippen LogP contribution in [0.4, 0.5) is 11.4 Å². The van der Waals surface area contributed by atoms with E-state index in [9.17, 15) is 9.59 Å². The highest BCUT2D eigenvalue weighted by Gasteiger charge is 2.35. The van der Waals surface area contributed by atoms with Gasteiger partial charge in [0.2, 0.25) is 11.8 Å². The van der Waals surface area contributed by atoms with Gasteiger partial charge in [-0.3, -0.25) is 14.6 Å². The average Bonchev–Trinajstić information content (AvgIpc) is 3.28. The van der Waals surface area contributed by atoms with E-state index in [1.54, 1.807) is 37.4 Å². The molecule has 2 heterocycles. The van der Waals surface area contributed by atoms with Gasteiger partial charge < -0.3 is 20.5 Å². The van der Waals surface area contributed by atoms with Crippen LogP contribution >= 0.6 is 0 Å². The number of carbonyl (C=O) groups is 2. The Morgan fingerprint density at radius 3 is 2.55 bits per heavy atom.